The average Bonchev–Trinajstić information content (AvgIpc) is 3.46. The summed E-state index contributed by atoms with van der Waals surface area (Å²) in [4.78, 5) is 28.1. The third kappa shape index (κ3) is 3.47. The Hall–Kier alpha value is -4.76. The Bertz CT molecular complexity index is 2290. The van der Waals surface area contributed by atoms with Gasteiger partial charge in [-0.2, -0.15) is 0 Å². The standard InChI is InChI=1S/C44H35NO2/c46-43-28-15-11-26(12-16-28)30-19-36-38(22-34(30)43)45-39-23-35-31(27-13-17-29(18-14-27)44(35)47)20-37(39)41-33(25-9-5-2-6-10-25)21-32(40(36)42(41)45)24-7-3-1-4-8-24/h1-10,19-23,26-29H,11-18H2. The molecular formula is C44H35NO2. The molecule has 2 saturated carbocycles. The molecule has 0 N–H and O–H groups in total. The van der Waals surface area contributed by atoms with Gasteiger partial charge < -0.3 is 4.40 Å². The van der Waals surface area contributed by atoms with E-state index in [-0.39, 0.29) is 11.8 Å². The Kier molecular flexibility index (Phi) is 5.27. The first-order valence-electron chi connectivity index (χ1n) is 17.7. The van der Waals surface area contributed by atoms with Gasteiger partial charge in [-0.3, -0.25) is 9.59 Å². The van der Waals surface area contributed by atoms with Crippen LogP contribution in [0.1, 0.15) is 95.0 Å². The third-order valence-corrected chi connectivity index (χ3v) is 12.7. The van der Waals surface area contributed by atoms with Gasteiger partial charge in [0, 0.05) is 44.5 Å². The molecule has 6 aliphatic carbocycles. The van der Waals surface area contributed by atoms with Gasteiger partial charge in [-0.1, -0.05) is 60.7 Å². The van der Waals surface area contributed by atoms with Gasteiger partial charge in [0.1, 0.15) is 0 Å². The number of rotatable bonds is 2. The summed E-state index contributed by atoms with van der Waals surface area (Å²) in [5.41, 5.74) is 12.6. The molecular weight excluding hydrogens is 574 g/mol. The molecule has 47 heavy (non-hydrogen) atoms. The molecule has 7 aromatic rings. The second-order valence-corrected chi connectivity index (χ2v) is 14.9. The van der Waals surface area contributed by atoms with Crippen molar-refractivity contribution in [3.63, 3.8) is 0 Å². The van der Waals surface area contributed by atoms with Crippen LogP contribution in [0.25, 0.3) is 60.3 Å². The van der Waals surface area contributed by atoms with E-state index < -0.39 is 0 Å². The predicted molar refractivity (Wildman–Crippen MR) is 190 cm³/mol. The highest BCUT2D eigenvalue weighted by Gasteiger charge is 2.38. The second-order valence-electron chi connectivity index (χ2n) is 14.9. The van der Waals surface area contributed by atoms with Gasteiger partial charge in [-0.05, 0) is 127 Å². The number of hydrogen-bond acceptors (Lipinski definition) is 2. The molecule has 2 fully saturated rings. The zero-order valence-electron chi connectivity index (χ0n) is 26.4. The van der Waals surface area contributed by atoms with Crippen molar-refractivity contribution >= 4 is 49.7 Å². The molecule has 228 valence electrons. The van der Waals surface area contributed by atoms with Gasteiger partial charge >= 0.3 is 0 Å². The number of hydrogen-bond donors (Lipinski definition) is 0. The van der Waals surface area contributed by atoms with Crippen LogP contribution in [0.5, 0.6) is 0 Å². The fraction of sp³-hybridized carbons (Fsp3) is 0.273. The highest BCUT2D eigenvalue weighted by atomic mass is 16.1. The average molecular weight is 610 g/mol. The van der Waals surface area contributed by atoms with E-state index in [1.165, 1.54) is 60.4 Å². The maximum atomic E-state index is 14.0. The van der Waals surface area contributed by atoms with Crippen LogP contribution in [0.15, 0.2) is 91.0 Å². The molecule has 2 aromatic heterocycles. The topological polar surface area (TPSA) is 38.5 Å². The molecule has 0 radical (unpaired) electrons. The first-order valence-corrected chi connectivity index (χ1v) is 17.7. The first-order chi connectivity index (χ1) is 23.1. The number of benzene rings is 5. The minimum Gasteiger partial charge on any atom is -0.308 e. The highest BCUT2D eigenvalue weighted by molar-refractivity contribution is 6.31. The third-order valence-electron chi connectivity index (χ3n) is 12.7. The number of carbonyl (C=O) groups excluding carboxylic acids is 2. The summed E-state index contributed by atoms with van der Waals surface area (Å²) in [6.07, 6.45) is 8.41. The molecule has 0 spiro atoms. The Morgan fingerprint density at radius 1 is 0.447 bits per heavy atom. The van der Waals surface area contributed by atoms with E-state index in [9.17, 15) is 9.59 Å². The van der Waals surface area contributed by atoms with E-state index in [4.69, 9.17) is 0 Å². The summed E-state index contributed by atoms with van der Waals surface area (Å²) < 4.78 is 2.44. The van der Waals surface area contributed by atoms with Crippen LogP contribution in [0.4, 0.5) is 0 Å². The van der Waals surface area contributed by atoms with Crippen LogP contribution in [0.2, 0.25) is 0 Å². The summed E-state index contributed by atoms with van der Waals surface area (Å²) in [6.45, 7) is 0. The van der Waals surface area contributed by atoms with Crippen LogP contribution in [0, 0.1) is 11.8 Å². The van der Waals surface area contributed by atoms with Gasteiger partial charge in [0.05, 0.1) is 16.6 Å². The first kappa shape index (κ1) is 26.3. The second kappa shape index (κ2) is 9.41. The van der Waals surface area contributed by atoms with Gasteiger partial charge in [-0.15, -0.1) is 0 Å². The van der Waals surface area contributed by atoms with Gasteiger partial charge in [0.25, 0.3) is 0 Å². The summed E-state index contributed by atoms with van der Waals surface area (Å²) in [5, 5.41) is 4.97. The SMILES string of the molecule is O=C1c2cc3c(cc2C2CCC1CC2)c1c(-c2ccccc2)cc(-c2ccccc2)c2c4cc5c(cc4n3c12)C(=O)C1CCC5CC1. The lowest BCUT2D eigenvalue weighted by Crippen LogP contribution is -2.15. The van der Waals surface area contributed by atoms with Crippen molar-refractivity contribution in [1.29, 1.82) is 0 Å². The van der Waals surface area contributed by atoms with Crippen molar-refractivity contribution < 1.29 is 9.59 Å². The van der Waals surface area contributed by atoms with E-state index in [2.05, 4.69) is 95.4 Å². The maximum absolute atomic E-state index is 14.0. The lowest BCUT2D eigenvalue weighted by Gasteiger charge is -2.22. The fourth-order valence-electron chi connectivity index (χ4n) is 10.4. The molecule has 2 heterocycles. The minimum absolute atomic E-state index is 0.143. The minimum atomic E-state index is 0.143. The number of Topliss-reactive ketones (excluding diaryl/α,β-unsaturated/α-hetero) is 2. The van der Waals surface area contributed by atoms with Crippen LogP contribution in [-0.4, -0.2) is 16.0 Å². The van der Waals surface area contributed by atoms with E-state index in [1.54, 1.807) is 0 Å². The molecule has 0 atom stereocenters. The van der Waals surface area contributed by atoms with E-state index >= 15 is 0 Å². The smallest absolute Gasteiger partial charge is 0.166 e. The molecule has 0 aliphatic heterocycles. The normalized spacial score (nSPS) is 23.6. The summed E-state index contributed by atoms with van der Waals surface area (Å²) in [6, 6.07) is 33.3. The van der Waals surface area contributed by atoms with Crippen LogP contribution < -0.4 is 0 Å². The highest BCUT2D eigenvalue weighted by Crippen LogP contribution is 2.52. The Morgan fingerprint density at radius 2 is 0.851 bits per heavy atom. The molecule has 6 aliphatic rings. The van der Waals surface area contributed by atoms with Crippen molar-refractivity contribution in [1.82, 2.24) is 4.40 Å². The predicted octanol–water partition coefficient (Wildman–Crippen LogP) is 11.1. The zero-order valence-corrected chi connectivity index (χ0v) is 26.4. The number of fused-ring (bicyclic) bond motifs is 10. The van der Waals surface area contributed by atoms with Crippen molar-refractivity contribution in [3.8, 4) is 22.3 Å². The quantitative estimate of drug-likeness (QED) is 0.196. The van der Waals surface area contributed by atoms with Crippen LogP contribution in [0.3, 0.4) is 0 Å². The van der Waals surface area contributed by atoms with Crippen molar-refractivity contribution in [2.75, 3.05) is 0 Å². The Morgan fingerprint density at radius 3 is 1.28 bits per heavy atom. The van der Waals surface area contributed by atoms with Gasteiger partial charge in [-0.25, -0.2) is 0 Å². The van der Waals surface area contributed by atoms with Gasteiger partial charge in [0.2, 0.25) is 0 Å². The largest absolute Gasteiger partial charge is 0.308 e. The number of aromatic nitrogens is 1. The number of nitrogens with zero attached hydrogens (tertiary/aromatic N) is 1. The van der Waals surface area contributed by atoms with Crippen molar-refractivity contribution in [3.05, 3.63) is 113 Å². The number of carbonyl (C=O) groups is 2. The molecule has 0 amide bonds. The molecule has 5 aromatic carbocycles. The fourth-order valence-corrected chi connectivity index (χ4v) is 10.4. The van der Waals surface area contributed by atoms with E-state index in [1.807, 2.05) is 0 Å². The zero-order chi connectivity index (χ0) is 31.0. The molecule has 0 unspecified atom stereocenters. The van der Waals surface area contributed by atoms with Crippen molar-refractivity contribution in [2.24, 2.45) is 11.8 Å². The summed E-state index contributed by atoms with van der Waals surface area (Å²) in [7, 11) is 0. The molecule has 3 nitrogen and oxygen atoms in total. The summed E-state index contributed by atoms with van der Waals surface area (Å²) in [5.74, 6) is 1.84. The number of ketones is 2. The molecule has 0 saturated heterocycles. The lowest BCUT2D eigenvalue weighted by atomic mass is 9.82. The van der Waals surface area contributed by atoms with E-state index in [0.717, 1.165) is 73.5 Å². The Balaban J connectivity index is 1.37. The van der Waals surface area contributed by atoms with Gasteiger partial charge in [0.15, 0.2) is 11.6 Å². The van der Waals surface area contributed by atoms with E-state index in [0.29, 0.717) is 23.4 Å². The summed E-state index contributed by atoms with van der Waals surface area (Å²) >= 11 is 0. The monoisotopic (exact) mass is 609 g/mol. The molecule has 13 rings (SSSR count). The van der Waals surface area contributed by atoms with Crippen LogP contribution in [-0.2, 0) is 0 Å². The lowest BCUT2D eigenvalue weighted by molar-refractivity contribution is 0.0891. The maximum Gasteiger partial charge on any atom is 0.166 e. The molecule has 4 bridgehead atoms. The van der Waals surface area contributed by atoms with Crippen LogP contribution >= 0.6 is 0 Å². The van der Waals surface area contributed by atoms with Crippen molar-refractivity contribution in [2.45, 2.75) is 63.2 Å². The molecule has 3 heteroatoms. The Labute approximate surface area is 273 Å².